The predicted molar refractivity (Wildman–Crippen MR) is 87.9 cm³/mol. The van der Waals surface area contributed by atoms with Crippen LogP contribution >= 0.6 is 8.03 Å². The van der Waals surface area contributed by atoms with Crippen molar-refractivity contribution >= 4 is 19.9 Å². The molecular formula is C15H25NO5P+. The van der Waals surface area contributed by atoms with Crippen molar-refractivity contribution in [2.45, 2.75) is 26.3 Å². The van der Waals surface area contributed by atoms with Crippen LogP contribution in [-0.2, 0) is 23.4 Å². The minimum atomic E-state index is -1.79. The smallest absolute Gasteiger partial charge is 0.466 e. The summed E-state index contributed by atoms with van der Waals surface area (Å²) in [6, 6.07) is 0. The number of carbonyl (C=O) groups is 2. The molecular weight excluding hydrogens is 305 g/mol. The first-order valence-electron chi connectivity index (χ1n) is 6.46. The van der Waals surface area contributed by atoms with Gasteiger partial charge < -0.3 is 10.1 Å². The average Bonchev–Trinajstić information content (AvgIpc) is 2.43. The van der Waals surface area contributed by atoms with E-state index in [9.17, 15) is 14.2 Å². The van der Waals surface area contributed by atoms with Gasteiger partial charge >= 0.3 is 14.0 Å². The van der Waals surface area contributed by atoms with E-state index in [-0.39, 0.29) is 18.7 Å². The Hall–Kier alpha value is -1.78. The zero-order valence-corrected chi connectivity index (χ0v) is 14.6. The second-order valence-corrected chi connectivity index (χ2v) is 6.16. The first kappa shape index (κ1) is 22.5. The number of hydrogen-bond donors (Lipinski definition) is 1. The number of amides is 1. The molecule has 0 bridgehead atoms. The molecule has 0 aliphatic heterocycles. The maximum atomic E-state index is 11.5. The van der Waals surface area contributed by atoms with E-state index < -0.39 is 19.5 Å². The molecule has 1 unspecified atom stereocenters. The van der Waals surface area contributed by atoms with Gasteiger partial charge in [-0.15, -0.1) is 11.1 Å². The highest BCUT2D eigenvalue weighted by Crippen LogP contribution is 2.27. The molecule has 0 rings (SSSR count). The van der Waals surface area contributed by atoms with Crippen LogP contribution in [0.1, 0.15) is 20.8 Å². The maximum absolute atomic E-state index is 11.5. The van der Waals surface area contributed by atoms with Crippen LogP contribution < -0.4 is 5.32 Å². The van der Waals surface area contributed by atoms with Gasteiger partial charge in [-0.05, 0) is 25.3 Å². The summed E-state index contributed by atoms with van der Waals surface area (Å²) in [5.74, 6) is -0.632. The van der Waals surface area contributed by atoms with E-state index in [0.29, 0.717) is 5.57 Å². The van der Waals surface area contributed by atoms with Crippen molar-refractivity contribution in [2.75, 3.05) is 19.9 Å². The fourth-order valence-electron chi connectivity index (χ4n) is 1.04. The van der Waals surface area contributed by atoms with Gasteiger partial charge in [0.1, 0.15) is 6.61 Å². The number of carbonyl (C=O) groups excluding carboxylic acids is 2. The van der Waals surface area contributed by atoms with Gasteiger partial charge in [0.2, 0.25) is 5.91 Å². The Morgan fingerprint density at radius 2 is 1.86 bits per heavy atom. The molecule has 0 saturated carbocycles. The zero-order valence-electron chi connectivity index (χ0n) is 13.7. The molecule has 7 heteroatoms. The van der Waals surface area contributed by atoms with Crippen molar-refractivity contribution in [2.24, 2.45) is 0 Å². The minimum absolute atomic E-state index is 0.239. The molecule has 22 heavy (non-hydrogen) atoms. The van der Waals surface area contributed by atoms with Gasteiger partial charge in [0.15, 0.2) is 6.16 Å². The molecule has 0 saturated heterocycles. The van der Waals surface area contributed by atoms with Gasteiger partial charge in [0.05, 0.1) is 12.6 Å². The lowest BCUT2D eigenvalue weighted by Gasteiger charge is -2.20. The van der Waals surface area contributed by atoms with E-state index in [4.69, 9.17) is 4.52 Å². The first-order chi connectivity index (χ1) is 10.1. The quantitative estimate of drug-likeness (QED) is 0.320. The number of hydrogen-bond acceptors (Lipinski definition) is 5. The molecule has 0 aliphatic carbocycles. The van der Waals surface area contributed by atoms with E-state index in [1.54, 1.807) is 20.8 Å². The van der Waals surface area contributed by atoms with Gasteiger partial charge in [-0.3, -0.25) is 4.79 Å². The summed E-state index contributed by atoms with van der Waals surface area (Å²) in [5.41, 5.74) is -0.152. The molecule has 1 atom stereocenters. The molecule has 124 valence electrons. The van der Waals surface area contributed by atoms with Crippen LogP contribution in [-0.4, -0.2) is 37.3 Å². The van der Waals surface area contributed by atoms with Crippen LogP contribution in [0.15, 0.2) is 37.5 Å². The molecule has 0 aromatic carbocycles. The van der Waals surface area contributed by atoms with Crippen LogP contribution in [0.25, 0.3) is 0 Å². The van der Waals surface area contributed by atoms with E-state index in [2.05, 4.69) is 29.8 Å². The Morgan fingerprint density at radius 3 is 2.18 bits per heavy atom. The minimum Gasteiger partial charge on any atom is -0.466 e. The van der Waals surface area contributed by atoms with E-state index in [1.807, 2.05) is 0 Å². The summed E-state index contributed by atoms with van der Waals surface area (Å²) in [5, 5.41) is 2.73. The Morgan fingerprint density at radius 1 is 1.32 bits per heavy atom. The van der Waals surface area contributed by atoms with Gasteiger partial charge in [-0.2, -0.15) is 0 Å². The Kier molecular flexibility index (Phi) is 12.1. The average molecular weight is 330 g/mol. The summed E-state index contributed by atoms with van der Waals surface area (Å²) < 4.78 is 20.6. The third-order valence-corrected chi connectivity index (χ3v) is 3.55. The van der Waals surface area contributed by atoms with Crippen molar-refractivity contribution < 1.29 is 23.4 Å². The van der Waals surface area contributed by atoms with Crippen LogP contribution in [0.4, 0.5) is 0 Å². The molecule has 6 nitrogen and oxygen atoms in total. The molecule has 0 radical (unpaired) electrons. The number of esters is 1. The fourth-order valence-corrected chi connectivity index (χ4v) is 2.13. The standard InChI is InChI=1S/C11H18NO3P.C4H6O2/c1-6-7-15-16(14)8-11(4,5)12-10(13)9(2)3;1-3-4(5)6-2/h6H,1-2,7-8H2,3-5H3;3H,1H2,2H3/p+1. The molecule has 0 spiro atoms. The summed E-state index contributed by atoms with van der Waals surface area (Å²) in [6.07, 6.45) is 2.90. The second-order valence-electron chi connectivity index (χ2n) is 4.92. The maximum Gasteiger partial charge on any atom is 0.510 e. The van der Waals surface area contributed by atoms with Crippen molar-refractivity contribution in [1.82, 2.24) is 5.32 Å². The van der Waals surface area contributed by atoms with Gasteiger partial charge in [-0.1, -0.05) is 19.2 Å². The van der Waals surface area contributed by atoms with Gasteiger partial charge in [-0.25, -0.2) is 4.79 Å². The Labute approximate surface area is 133 Å². The molecule has 1 amide bonds. The summed E-state index contributed by atoms with van der Waals surface area (Å²) in [4.78, 5) is 21.2. The Bertz CT molecular complexity index is 443. The lowest BCUT2D eigenvalue weighted by atomic mass is 10.1. The highest BCUT2D eigenvalue weighted by atomic mass is 31.1. The Balaban J connectivity index is 0. The molecule has 0 aromatic heterocycles. The van der Waals surface area contributed by atoms with Crippen molar-refractivity contribution in [3.8, 4) is 0 Å². The highest BCUT2D eigenvalue weighted by Gasteiger charge is 2.32. The summed E-state index contributed by atoms with van der Waals surface area (Å²) >= 11 is 0. The highest BCUT2D eigenvalue weighted by molar-refractivity contribution is 7.39. The zero-order chi connectivity index (χ0) is 17.8. The normalized spacial score (nSPS) is 10.5. The molecule has 0 aromatic rings. The largest absolute Gasteiger partial charge is 0.510 e. The number of methoxy groups -OCH3 is 1. The van der Waals surface area contributed by atoms with Crippen LogP contribution in [0.5, 0.6) is 0 Å². The van der Waals surface area contributed by atoms with E-state index in [1.165, 1.54) is 13.2 Å². The van der Waals surface area contributed by atoms with Gasteiger partial charge in [0, 0.05) is 11.6 Å². The molecule has 1 N–H and O–H groups in total. The number of rotatable bonds is 8. The summed E-state index contributed by atoms with van der Waals surface area (Å²) in [6.45, 7) is 15.6. The molecule has 0 fully saturated rings. The third kappa shape index (κ3) is 13.2. The van der Waals surface area contributed by atoms with Gasteiger partial charge in [0.25, 0.3) is 0 Å². The monoisotopic (exact) mass is 330 g/mol. The van der Waals surface area contributed by atoms with E-state index >= 15 is 0 Å². The predicted octanol–water partition coefficient (Wildman–Crippen LogP) is 2.75. The molecule has 0 aliphatic rings. The van der Waals surface area contributed by atoms with Crippen molar-refractivity contribution in [3.05, 3.63) is 37.5 Å². The lowest BCUT2D eigenvalue weighted by Crippen LogP contribution is -2.45. The van der Waals surface area contributed by atoms with E-state index in [0.717, 1.165) is 6.08 Å². The number of nitrogens with one attached hydrogen (secondary N) is 1. The lowest BCUT2D eigenvalue weighted by molar-refractivity contribution is -0.134. The first-order valence-corrected chi connectivity index (χ1v) is 7.82. The van der Waals surface area contributed by atoms with Crippen LogP contribution in [0, 0.1) is 0 Å². The summed E-state index contributed by atoms with van der Waals surface area (Å²) in [7, 11) is -0.480. The second kappa shape index (κ2) is 11.8. The van der Waals surface area contributed by atoms with Crippen LogP contribution in [0.2, 0.25) is 0 Å². The topological polar surface area (TPSA) is 81.7 Å². The SMILES string of the molecule is C=CC(=O)OC.C=CCO[P+](=O)CC(C)(C)NC(=O)C(=C)C. The number of ether oxygens (including phenoxy) is 1. The van der Waals surface area contributed by atoms with Crippen molar-refractivity contribution in [3.63, 3.8) is 0 Å². The van der Waals surface area contributed by atoms with Crippen LogP contribution in [0.3, 0.4) is 0 Å². The third-order valence-electron chi connectivity index (χ3n) is 2.07. The van der Waals surface area contributed by atoms with Crippen molar-refractivity contribution in [1.29, 1.82) is 0 Å². The fraction of sp³-hybridized carbons (Fsp3) is 0.467. The molecule has 0 heterocycles.